The van der Waals surface area contributed by atoms with Crippen LogP contribution in [-0.4, -0.2) is 20.0 Å². The van der Waals surface area contributed by atoms with Gasteiger partial charge < -0.3 is 4.98 Å². The van der Waals surface area contributed by atoms with Crippen molar-refractivity contribution in [2.24, 2.45) is 0 Å². The molecule has 2 heterocycles. The third-order valence-corrected chi connectivity index (χ3v) is 3.63. The molecular formula is C13H6Cl3FN4O. The molecule has 0 atom stereocenters. The predicted octanol–water partition coefficient (Wildman–Crippen LogP) is 3.72. The van der Waals surface area contributed by atoms with E-state index in [-0.39, 0.29) is 15.7 Å². The monoisotopic (exact) mass is 358 g/mol. The minimum atomic E-state index is -1.01. The van der Waals surface area contributed by atoms with Gasteiger partial charge in [-0.2, -0.15) is 0 Å². The van der Waals surface area contributed by atoms with E-state index in [2.05, 4.69) is 15.3 Å². The molecular weight excluding hydrogens is 354 g/mol. The van der Waals surface area contributed by atoms with Crippen LogP contribution in [0.1, 0.15) is 0 Å². The summed E-state index contributed by atoms with van der Waals surface area (Å²) in [5.74, 6) is -1.01. The fourth-order valence-electron chi connectivity index (χ4n) is 2.00. The number of aromatic amines is 1. The Balaban J connectivity index is 2.34. The van der Waals surface area contributed by atoms with Gasteiger partial charge in [0, 0.05) is 22.3 Å². The zero-order valence-electron chi connectivity index (χ0n) is 10.6. The average Bonchev–Trinajstić information content (AvgIpc) is 2.90. The molecule has 0 saturated heterocycles. The molecule has 3 aromatic rings. The first-order valence-electron chi connectivity index (χ1n) is 5.92. The zero-order chi connectivity index (χ0) is 15.9. The third kappa shape index (κ3) is 2.61. The number of pyridine rings is 1. The van der Waals surface area contributed by atoms with E-state index in [1.807, 2.05) is 0 Å². The molecule has 0 saturated carbocycles. The highest BCUT2D eigenvalue weighted by molar-refractivity contribution is 6.34. The molecule has 0 aliphatic carbocycles. The molecule has 0 spiro atoms. The smallest absolute Gasteiger partial charge is 0.284 e. The van der Waals surface area contributed by atoms with E-state index >= 15 is 0 Å². The molecule has 2 aromatic heterocycles. The van der Waals surface area contributed by atoms with Crippen LogP contribution in [0.4, 0.5) is 4.39 Å². The van der Waals surface area contributed by atoms with Crippen molar-refractivity contribution in [2.45, 2.75) is 0 Å². The maximum atomic E-state index is 14.2. The minimum Gasteiger partial charge on any atom is -0.325 e. The largest absolute Gasteiger partial charge is 0.325 e. The highest BCUT2D eigenvalue weighted by Gasteiger charge is 2.19. The Morgan fingerprint density at radius 3 is 2.68 bits per heavy atom. The molecule has 0 bridgehead atoms. The quantitative estimate of drug-likeness (QED) is 0.758. The lowest BCUT2D eigenvalue weighted by Crippen LogP contribution is -2.12. The van der Waals surface area contributed by atoms with Crippen LogP contribution in [0.2, 0.25) is 15.2 Å². The number of nitrogens with one attached hydrogen (secondary N) is 1. The Kier molecular flexibility index (Phi) is 3.90. The van der Waals surface area contributed by atoms with Crippen LogP contribution in [-0.2, 0) is 0 Å². The van der Waals surface area contributed by atoms with Crippen LogP contribution in [0.15, 0.2) is 35.4 Å². The van der Waals surface area contributed by atoms with Crippen LogP contribution in [0.3, 0.4) is 0 Å². The van der Waals surface area contributed by atoms with Gasteiger partial charge in [-0.1, -0.05) is 40.0 Å². The number of H-pyrrole nitrogens is 1. The molecule has 22 heavy (non-hydrogen) atoms. The van der Waals surface area contributed by atoms with E-state index < -0.39 is 11.4 Å². The summed E-state index contributed by atoms with van der Waals surface area (Å²) in [6.45, 7) is 0. The molecule has 1 aromatic carbocycles. The van der Waals surface area contributed by atoms with E-state index in [0.29, 0.717) is 16.3 Å². The van der Waals surface area contributed by atoms with Gasteiger partial charge in [-0.3, -0.25) is 4.79 Å². The molecule has 5 nitrogen and oxygen atoms in total. The average molecular weight is 360 g/mol. The molecule has 112 valence electrons. The van der Waals surface area contributed by atoms with Crippen molar-refractivity contribution in [3.63, 3.8) is 0 Å². The van der Waals surface area contributed by atoms with Gasteiger partial charge in [0.25, 0.3) is 5.56 Å². The third-order valence-electron chi connectivity index (χ3n) is 2.93. The topological polar surface area (TPSA) is 63.6 Å². The maximum Gasteiger partial charge on any atom is 0.284 e. The van der Waals surface area contributed by atoms with Gasteiger partial charge in [0.2, 0.25) is 0 Å². The number of hydrogen-bond donors (Lipinski definition) is 1. The van der Waals surface area contributed by atoms with Crippen molar-refractivity contribution in [3.8, 4) is 16.8 Å². The van der Waals surface area contributed by atoms with Gasteiger partial charge in [-0.05, 0) is 18.2 Å². The Labute approximate surface area is 138 Å². The first-order chi connectivity index (χ1) is 10.5. The summed E-state index contributed by atoms with van der Waals surface area (Å²) in [4.78, 5) is 13.7. The SMILES string of the molecule is O=c1[nH]cc(Cl)c(-c2cc(Cl)ccc2-n2cc(Cl)nn2)c1F. The maximum absolute atomic E-state index is 14.2. The van der Waals surface area contributed by atoms with Crippen LogP contribution in [0.5, 0.6) is 0 Å². The first kappa shape index (κ1) is 15.0. The van der Waals surface area contributed by atoms with Crippen molar-refractivity contribution in [2.75, 3.05) is 0 Å². The van der Waals surface area contributed by atoms with E-state index in [9.17, 15) is 9.18 Å². The highest BCUT2D eigenvalue weighted by atomic mass is 35.5. The van der Waals surface area contributed by atoms with Crippen LogP contribution < -0.4 is 5.56 Å². The first-order valence-corrected chi connectivity index (χ1v) is 7.05. The van der Waals surface area contributed by atoms with Crippen LogP contribution in [0.25, 0.3) is 16.8 Å². The van der Waals surface area contributed by atoms with E-state index in [0.717, 1.165) is 0 Å². The van der Waals surface area contributed by atoms with Crippen molar-refractivity contribution in [3.05, 3.63) is 62.0 Å². The standard InChI is InChI=1S/C13H6Cl3FN4O/c14-6-1-2-9(21-5-10(16)19-20-21)7(3-6)11-8(15)4-18-13(22)12(11)17/h1-5H,(H,18,22). The van der Waals surface area contributed by atoms with Gasteiger partial charge in [-0.15, -0.1) is 5.10 Å². The second kappa shape index (κ2) is 5.72. The lowest BCUT2D eigenvalue weighted by Gasteiger charge is -2.11. The van der Waals surface area contributed by atoms with Crippen LogP contribution >= 0.6 is 34.8 Å². The molecule has 9 heteroatoms. The van der Waals surface area contributed by atoms with Gasteiger partial charge in [-0.25, -0.2) is 9.07 Å². The summed E-state index contributed by atoms with van der Waals surface area (Å²) in [5.41, 5.74) is -0.241. The van der Waals surface area contributed by atoms with Gasteiger partial charge in [0.1, 0.15) is 0 Å². The molecule has 0 fully saturated rings. The lowest BCUT2D eigenvalue weighted by molar-refractivity contribution is 0.612. The summed E-state index contributed by atoms with van der Waals surface area (Å²) >= 11 is 17.8. The zero-order valence-corrected chi connectivity index (χ0v) is 12.9. The summed E-state index contributed by atoms with van der Waals surface area (Å²) < 4.78 is 15.6. The number of aromatic nitrogens is 4. The van der Waals surface area contributed by atoms with E-state index in [1.54, 1.807) is 12.1 Å². The molecule has 3 rings (SSSR count). The summed E-state index contributed by atoms with van der Waals surface area (Å²) in [5, 5.41) is 8.03. The fourth-order valence-corrected chi connectivity index (χ4v) is 2.54. The fraction of sp³-hybridized carbons (Fsp3) is 0. The Bertz CT molecular complexity index is 922. The van der Waals surface area contributed by atoms with Gasteiger partial charge >= 0.3 is 0 Å². The van der Waals surface area contributed by atoms with E-state index in [1.165, 1.54) is 23.1 Å². The molecule has 0 aliphatic rings. The summed E-state index contributed by atoms with van der Waals surface area (Å²) in [7, 11) is 0. The minimum absolute atomic E-state index is 0.0341. The van der Waals surface area contributed by atoms with Crippen molar-refractivity contribution < 1.29 is 4.39 Å². The van der Waals surface area contributed by atoms with Crippen molar-refractivity contribution in [1.82, 2.24) is 20.0 Å². The number of nitrogens with zero attached hydrogens (tertiary/aromatic N) is 3. The summed E-state index contributed by atoms with van der Waals surface area (Å²) in [6.07, 6.45) is 2.65. The second-order valence-electron chi connectivity index (χ2n) is 4.30. The molecule has 0 aliphatic heterocycles. The normalized spacial score (nSPS) is 10.9. The lowest BCUT2D eigenvalue weighted by atomic mass is 10.0. The second-order valence-corrected chi connectivity index (χ2v) is 5.53. The Hall–Kier alpha value is -1.89. The van der Waals surface area contributed by atoms with Crippen molar-refractivity contribution in [1.29, 1.82) is 0 Å². The number of hydrogen-bond acceptors (Lipinski definition) is 3. The number of benzene rings is 1. The Morgan fingerprint density at radius 2 is 2.00 bits per heavy atom. The molecule has 1 N–H and O–H groups in total. The molecule has 0 radical (unpaired) electrons. The van der Waals surface area contributed by atoms with Crippen LogP contribution in [0, 0.1) is 5.82 Å². The van der Waals surface area contributed by atoms with Crippen molar-refractivity contribution >= 4 is 34.8 Å². The van der Waals surface area contributed by atoms with Gasteiger partial charge in [0.15, 0.2) is 11.0 Å². The molecule has 0 unspecified atom stereocenters. The number of halogens is 4. The Morgan fingerprint density at radius 1 is 1.23 bits per heavy atom. The molecule has 0 amide bonds. The van der Waals surface area contributed by atoms with Gasteiger partial charge in [0.05, 0.1) is 16.9 Å². The summed E-state index contributed by atoms with van der Waals surface area (Å²) in [6, 6.07) is 4.67. The van der Waals surface area contributed by atoms with E-state index in [4.69, 9.17) is 34.8 Å². The predicted molar refractivity (Wildman–Crippen MR) is 82.4 cm³/mol. The number of rotatable bonds is 2. The highest BCUT2D eigenvalue weighted by Crippen LogP contribution is 2.34.